The number of halogens is 1. The molecule has 0 aliphatic carbocycles. The van der Waals surface area contributed by atoms with Crippen LogP contribution in [0.2, 0.25) is 0 Å². The zero-order valence-electron chi connectivity index (χ0n) is 10.2. The van der Waals surface area contributed by atoms with Crippen LogP contribution in [0.5, 0.6) is 0 Å². The first-order valence-electron chi connectivity index (χ1n) is 5.55. The summed E-state index contributed by atoms with van der Waals surface area (Å²) in [5, 5.41) is 11.3. The SMILES string of the molecule is CC(C)C[C@@H](NC(=O)c1ccnc(F)c1)C(=O)O. The van der Waals surface area contributed by atoms with Gasteiger partial charge in [-0.05, 0) is 18.4 Å². The van der Waals surface area contributed by atoms with Crippen LogP contribution in [-0.4, -0.2) is 28.0 Å². The van der Waals surface area contributed by atoms with E-state index in [0.29, 0.717) is 6.42 Å². The highest BCUT2D eigenvalue weighted by molar-refractivity contribution is 5.96. The van der Waals surface area contributed by atoms with E-state index in [1.54, 1.807) is 0 Å². The average Bonchev–Trinajstić information content (AvgIpc) is 2.27. The molecule has 0 saturated heterocycles. The van der Waals surface area contributed by atoms with Gasteiger partial charge in [-0.3, -0.25) is 4.79 Å². The van der Waals surface area contributed by atoms with Crippen LogP contribution in [0.3, 0.4) is 0 Å². The Balaban J connectivity index is 2.75. The summed E-state index contributed by atoms with van der Waals surface area (Å²) >= 11 is 0. The van der Waals surface area contributed by atoms with E-state index >= 15 is 0 Å². The quantitative estimate of drug-likeness (QED) is 0.779. The van der Waals surface area contributed by atoms with Crippen molar-refractivity contribution in [3.05, 3.63) is 29.8 Å². The molecular weight excluding hydrogens is 239 g/mol. The summed E-state index contributed by atoms with van der Waals surface area (Å²) in [6.45, 7) is 3.71. The number of carboxylic acid groups (broad SMARTS) is 1. The Morgan fingerprint density at radius 1 is 1.50 bits per heavy atom. The molecule has 1 atom stereocenters. The van der Waals surface area contributed by atoms with Crippen LogP contribution in [0.25, 0.3) is 0 Å². The molecule has 1 aromatic heterocycles. The third kappa shape index (κ3) is 4.12. The Morgan fingerprint density at radius 2 is 2.17 bits per heavy atom. The van der Waals surface area contributed by atoms with Gasteiger partial charge in [-0.2, -0.15) is 4.39 Å². The zero-order chi connectivity index (χ0) is 13.7. The number of nitrogens with one attached hydrogen (secondary N) is 1. The van der Waals surface area contributed by atoms with Crippen LogP contribution in [0.4, 0.5) is 4.39 Å². The summed E-state index contributed by atoms with van der Waals surface area (Å²) in [6, 6.07) is 1.31. The molecule has 5 nitrogen and oxygen atoms in total. The second-order valence-corrected chi connectivity index (χ2v) is 4.36. The highest BCUT2D eigenvalue weighted by atomic mass is 19.1. The number of rotatable bonds is 5. The van der Waals surface area contributed by atoms with E-state index in [1.165, 1.54) is 6.07 Å². The molecule has 1 rings (SSSR count). The number of aliphatic carboxylic acids is 1. The van der Waals surface area contributed by atoms with Gasteiger partial charge in [0.1, 0.15) is 6.04 Å². The van der Waals surface area contributed by atoms with Gasteiger partial charge in [-0.1, -0.05) is 13.8 Å². The molecule has 0 saturated carbocycles. The summed E-state index contributed by atoms with van der Waals surface area (Å²) in [5.74, 6) is -2.38. The summed E-state index contributed by atoms with van der Waals surface area (Å²) in [5.41, 5.74) is 0.0532. The van der Waals surface area contributed by atoms with Gasteiger partial charge in [0.2, 0.25) is 5.95 Å². The fourth-order valence-electron chi connectivity index (χ4n) is 1.48. The van der Waals surface area contributed by atoms with Gasteiger partial charge < -0.3 is 10.4 Å². The molecule has 0 unspecified atom stereocenters. The molecular formula is C12H15FN2O3. The molecule has 0 bridgehead atoms. The smallest absolute Gasteiger partial charge is 0.326 e. The highest BCUT2D eigenvalue weighted by Crippen LogP contribution is 2.07. The molecule has 0 fully saturated rings. The van der Waals surface area contributed by atoms with E-state index in [9.17, 15) is 14.0 Å². The summed E-state index contributed by atoms with van der Waals surface area (Å²) < 4.78 is 12.8. The molecule has 0 aromatic carbocycles. The van der Waals surface area contributed by atoms with E-state index in [1.807, 2.05) is 13.8 Å². The summed E-state index contributed by atoms with van der Waals surface area (Å²) in [7, 11) is 0. The fraction of sp³-hybridized carbons (Fsp3) is 0.417. The lowest BCUT2D eigenvalue weighted by Gasteiger charge is -2.16. The standard InChI is InChI=1S/C12H15FN2O3/c1-7(2)5-9(12(17)18)15-11(16)8-3-4-14-10(13)6-8/h3-4,6-7,9H,5H2,1-2H3,(H,15,16)(H,17,18)/t9-/m1/s1. The monoisotopic (exact) mass is 254 g/mol. The topological polar surface area (TPSA) is 79.3 Å². The van der Waals surface area contributed by atoms with E-state index in [2.05, 4.69) is 10.3 Å². The number of hydrogen-bond acceptors (Lipinski definition) is 3. The third-order valence-corrected chi connectivity index (χ3v) is 2.30. The minimum Gasteiger partial charge on any atom is -0.480 e. The van der Waals surface area contributed by atoms with Crippen molar-refractivity contribution in [2.45, 2.75) is 26.3 Å². The van der Waals surface area contributed by atoms with Crippen LogP contribution in [-0.2, 0) is 4.79 Å². The van der Waals surface area contributed by atoms with Gasteiger partial charge in [0.05, 0.1) is 0 Å². The molecule has 1 heterocycles. The maximum Gasteiger partial charge on any atom is 0.326 e. The second-order valence-electron chi connectivity index (χ2n) is 4.36. The van der Waals surface area contributed by atoms with Crippen LogP contribution < -0.4 is 5.32 Å². The van der Waals surface area contributed by atoms with Crippen molar-refractivity contribution in [2.24, 2.45) is 5.92 Å². The average molecular weight is 254 g/mol. The molecule has 6 heteroatoms. The first-order valence-corrected chi connectivity index (χ1v) is 5.55. The highest BCUT2D eigenvalue weighted by Gasteiger charge is 2.21. The van der Waals surface area contributed by atoms with Crippen LogP contribution >= 0.6 is 0 Å². The number of carbonyl (C=O) groups excluding carboxylic acids is 1. The maximum atomic E-state index is 12.8. The lowest BCUT2D eigenvalue weighted by Crippen LogP contribution is -2.41. The number of amides is 1. The molecule has 98 valence electrons. The fourth-order valence-corrected chi connectivity index (χ4v) is 1.48. The van der Waals surface area contributed by atoms with Crippen molar-refractivity contribution in [3.8, 4) is 0 Å². The zero-order valence-corrected chi connectivity index (χ0v) is 10.2. The molecule has 1 amide bonds. The van der Waals surface area contributed by atoms with Crippen molar-refractivity contribution in [2.75, 3.05) is 0 Å². The van der Waals surface area contributed by atoms with Gasteiger partial charge >= 0.3 is 5.97 Å². The van der Waals surface area contributed by atoms with Gasteiger partial charge in [0, 0.05) is 17.8 Å². The molecule has 0 radical (unpaired) electrons. The Kier molecular flexibility index (Phi) is 4.76. The lowest BCUT2D eigenvalue weighted by atomic mass is 10.0. The first-order chi connectivity index (χ1) is 8.40. The molecule has 2 N–H and O–H groups in total. The number of carboxylic acids is 1. The Morgan fingerprint density at radius 3 is 2.67 bits per heavy atom. The van der Waals surface area contributed by atoms with Crippen LogP contribution in [0.1, 0.15) is 30.6 Å². The van der Waals surface area contributed by atoms with E-state index in [0.717, 1.165) is 12.3 Å². The van der Waals surface area contributed by atoms with Gasteiger partial charge in [-0.25, -0.2) is 9.78 Å². The first kappa shape index (κ1) is 14.1. The van der Waals surface area contributed by atoms with Crippen molar-refractivity contribution in [1.29, 1.82) is 0 Å². The lowest BCUT2D eigenvalue weighted by molar-refractivity contribution is -0.139. The van der Waals surface area contributed by atoms with Crippen LogP contribution in [0.15, 0.2) is 18.3 Å². The predicted molar refractivity (Wildman–Crippen MR) is 62.5 cm³/mol. The van der Waals surface area contributed by atoms with Crippen LogP contribution in [0, 0.1) is 11.9 Å². The molecule has 0 aliphatic heterocycles. The van der Waals surface area contributed by atoms with E-state index in [-0.39, 0.29) is 11.5 Å². The van der Waals surface area contributed by atoms with Crippen molar-refractivity contribution < 1.29 is 19.1 Å². The van der Waals surface area contributed by atoms with Gasteiger partial charge in [-0.15, -0.1) is 0 Å². The largest absolute Gasteiger partial charge is 0.480 e. The Bertz CT molecular complexity index is 449. The number of carbonyl (C=O) groups is 2. The minimum absolute atomic E-state index is 0.0532. The van der Waals surface area contributed by atoms with Gasteiger partial charge in [0.25, 0.3) is 5.91 Å². The number of nitrogens with zero attached hydrogens (tertiary/aromatic N) is 1. The number of hydrogen-bond donors (Lipinski definition) is 2. The second kappa shape index (κ2) is 6.09. The molecule has 0 aliphatic rings. The van der Waals surface area contributed by atoms with E-state index < -0.39 is 23.9 Å². The van der Waals surface area contributed by atoms with E-state index in [4.69, 9.17) is 5.11 Å². The predicted octanol–water partition coefficient (Wildman–Crippen LogP) is 1.45. The van der Waals surface area contributed by atoms with Crippen molar-refractivity contribution >= 4 is 11.9 Å². The molecule has 1 aromatic rings. The van der Waals surface area contributed by atoms with Crippen molar-refractivity contribution in [3.63, 3.8) is 0 Å². The summed E-state index contributed by atoms with van der Waals surface area (Å²) in [4.78, 5) is 26.0. The Labute approximate surface area is 104 Å². The summed E-state index contributed by atoms with van der Waals surface area (Å²) in [6.07, 6.45) is 1.47. The minimum atomic E-state index is -1.11. The third-order valence-electron chi connectivity index (χ3n) is 2.30. The number of aromatic nitrogens is 1. The molecule has 18 heavy (non-hydrogen) atoms. The van der Waals surface area contributed by atoms with Crippen molar-refractivity contribution in [1.82, 2.24) is 10.3 Å². The number of pyridine rings is 1. The maximum absolute atomic E-state index is 12.8. The Hall–Kier alpha value is -1.98. The molecule has 0 spiro atoms. The van der Waals surface area contributed by atoms with Gasteiger partial charge in [0.15, 0.2) is 0 Å². The normalized spacial score (nSPS) is 12.2.